The molecule has 64 valence electrons. The van der Waals surface area contributed by atoms with Gasteiger partial charge in [-0.25, -0.2) is 4.84 Å². The fraction of sp³-hybridized carbons (Fsp3) is 0.600. The van der Waals surface area contributed by atoms with Crippen molar-refractivity contribution in [3.8, 4) is 0 Å². The number of halogens is 1. The smallest absolute Gasteiger partial charge is 0.322 e. The molecule has 0 rings (SSSR count). The monoisotopic (exact) mass is 181 g/mol. The molecule has 11 heavy (non-hydrogen) atoms. The number of aliphatic carboxylic acids is 1. The molecule has 0 aromatic rings. The van der Waals surface area contributed by atoms with Crippen LogP contribution in [-0.4, -0.2) is 30.2 Å². The van der Waals surface area contributed by atoms with E-state index < -0.39 is 18.0 Å². The van der Waals surface area contributed by atoms with Crippen molar-refractivity contribution >= 4 is 23.7 Å². The van der Waals surface area contributed by atoms with Crippen LogP contribution in [0.2, 0.25) is 0 Å². The molecular weight excluding hydrogens is 174 g/mol. The van der Waals surface area contributed by atoms with Crippen molar-refractivity contribution in [2.24, 2.45) is 0 Å². The number of nitrogens with one attached hydrogen (secondary N) is 1. The van der Waals surface area contributed by atoms with Crippen molar-refractivity contribution in [2.45, 2.75) is 12.5 Å². The summed E-state index contributed by atoms with van der Waals surface area (Å²) in [6.07, 6.45) is -0.282. The zero-order valence-electron chi connectivity index (χ0n) is 5.83. The Morgan fingerprint density at radius 3 is 2.55 bits per heavy atom. The van der Waals surface area contributed by atoms with Crippen LogP contribution < -0.4 is 4.84 Å². The summed E-state index contributed by atoms with van der Waals surface area (Å²) in [6.45, 7) is 0. The number of ether oxygens (including phenoxy) is 1. The molecule has 0 aliphatic rings. The molecule has 0 fully saturated rings. The van der Waals surface area contributed by atoms with Gasteiger partial charge in [0.1, 0.15) is 6.04 Å². The number of methoxy groups -OCH3 is 1. The molecule has 0 unspecified atom stereocenters. The van der Waals surface area contributed by atoms with Crippen LogP contribution in [0.15, 0.2) is 0 Å². The highest BCUT2D eigenvalue weighted by atomic mass is 35.5. The number of hydrogen-bond acceptors (Lipinski definition) is 4. The van der Waals surface area contributed by atoms with Crippen molar-refractivity contribution in [3.63, 3.8) is 0 Å². The number of rotatable bonds is 4. The lowest BCUT2D eigenvalue weighted by molar-refractivity contribution is -0.147. The third-order valence-electron chi connectivity index (χ3n) is 1.03. The number of carbonyl (C=O) groups is 2. The van der Waals surface area contributed by atoms with Gasteiger partial charge < -0.3 is 9.84 Å². The molecule has 5 nitrogen and oxygen atoms in total. The third kappa shape index (κ3) is 3.79. The minimum atomic E-state index is -1.19. The molecule has 0 heterocycles. The Morgan fingerprint density at radius 2 is 2.27 bits per heavy atom. The van der Waals surface area contributed by atoms with Gasteiger partial charge in [0.05, 0.1) is 13.5 Å². The Bertz CT molecular complexity index is 161. The summed E-state index contributed by atoms with van der Waals surface area (Å²) in [7, 11) is 1.18. The Labute approximate surface area is 68.4 Å². The Balaban J connectivity index is 3.88. The Hall–Kier alpha value is -0.810. The van der Waals surface area contributed by atoms with Crippen molar-refractivity contribution in [2.75, 3.05) is 7.11 Å². The van der Waals surface area contributed by atoms with E-state index in [1.165, 1.54) is 7.11 Å². The first kappa shape index (κ1) is 10.2. The van der Waals surface area contributed by atoms with Gasteiger partial charge in [0.15, 0.2) is 0 Å². The molecule has 0 aromatic carbocycles. The first-order valence-electron chi connectivity index (χ1n) is 2.77. The lowest BCUT2D eigenvalue weighted by Gasteiger charge is -2.06. The average Bonchev–Trinajstić information content (AvgIpc) is 1.99. The van der Waals surface area contributed by atoms with Crippen LogP contribution in [0.1, 0.15) is 6.42 Å². The molecule has 0 amide bonds. The molecule has 1 atom stereocenters. The molecule has 6 heteroatoms. The molecule has 0 spiro atoms. The first-order valence-corrected chi connectivity index (χ1v) is 3.15. The molecule has 0 saturated carbocycles. The van der Waals surface area contributed by atoms with Gasteiger partial charge >= 0.3 is 11.9 Å². The number of esters is 1. The summed E-state index contributed by atoms with van der Waals surface area (Å²) >= 11 is 5.02. The van der Waals surface area contributed by atoms with E-state index in [0.29, 0.717) is 0 Å². The quantitative estimate of drug-likeness (QED) is 0.462. The molecule has 0 aliphatic heterocycles. The Morgan fingerprint density at radius 1 is 1.73 bits per heavy atom. The summed E-state index contributed by atoms with van der Waals surface area (Å²) < 4.78 is 4.23. The Kier molecular flexibility index (Phi) is 4.56. The van der Waals surface area contributed by atoms with Crippen LogP contribution in [0.4, 0.5) is 0 Å². The van der Waals surface area contributed by atoms with Crippen LogP contribution in [0.25, 0.3) is 0 Å². The topological polar surface area (TPSA) is 75.6 Å². The molecule has 0 aromatic heterocycles. The predicted octanol–water partition coefficient (Wildman–Crippen LogP) is -0.254. The largest absolute Gasteiger partial charge is 0.480 e. The minimum absolute atomic E-state index is 0.282. The summed E-state index contributed by atoms with van der Waals surface area (Å²) in [6, 6.07) is -1.09. The van der Waals surface area contributed by atoms with Crippen LogP contribution in [0, 0.1) is 0 Å². The number of carbonyl (C=O) groups excluding carboxylic acids is 1. The van der Waals surface area contributed by atoms with Crippen LogP contribution in [0.3, 0.4) is 0 Å². The standard InChI is InChI=1S/C5H8ClNO4/c1-11-4(8)2-3(7-6)5(9)10/h3,7H,2H2,1H3,(H,9,10)/t3-/m0/s1. The third-order valence-corrected chi connectivity index (χ3v) is 1.29. The van der Waals surface area contributed by atoms with E-state index in [4.69, 9.17) is 16.9 Å². The SMILES string of the molecule is COC(=O)C[C@H](NCl)C(=O)O. The maximum Gasteiger partial charge on any atom is 0.322 e. The van der Waals surface area contributed by atoms with E-state index in [0.717, 1.165) is 0 Å². The lowest BCUT2D eigenvalue weighted by atomic mass is 10.2. The molecule has 2 N–H and O–H groups in total. The summed E-state index contributed by atoms with van der Waals surface area (Å²) in [4.78, 5) is 22.7. The number of carboxylic acids is 1. The second-order valence-electron chi connectivity index (χ2n) is 1.78. The van der Waals surface area contributed by atoms with Gasteiger partial charge in [-0.2, -0.15) is 0 Å². The maximum absolute atomic E-state index is 10.5. The minimum Gasteiger partial charge on any atom is -0.480 e. The number of hydrogen-bond donors (Lipinski definition) is 2. The molecular formula is C5H8ClNO4. The number of carboxylic acid groups (broad SMARTS) is 1. The molecule has 0 saturated heterocycles. The highest BCUT2D eigenvalue weighted by Gasteiger charge is 2.19. The van der Waals surface area contributed by atoms with Gasteiger partial charge in [-0.15, -0.1) is 0 Å². The van der Waals surface area contributed by atoms with Crippen molar-refractivity contribution in [3.05, 3.63) is 0 Å². The highest BCUT2D eigenvalue weighted by Crippen LogP contribution is 1.95. The fourth-order valence-electron chi connectivity index (χ4n) is 0.423. The maximum atomic E-state index is 10.5. The fourth-order valence-corrected chi connectivity index (χ4v) is 0.593. The normalized spacial score (nSPS) is 12.2. The van der Waals surface area contributed by atoms with E-state index in [1.54, 1.807) is 0 Å². The average molecular weight is 182 g/mol. The predicted molar refractivity (Wildman–Crippen MR) is 37.0 cm³/mol. The van der Waals surface area contributed by atoms with E-state index in [9.17, 15) is 9.59 Å². The van der Waals surface area contributed by atoms with Crippen LogP contribution in [0.5, 0.6) is 0 Å². The van der Waals surface area contributed by atoms with Crippen molar-refractivity contribution in [1.82, 2.24) is 4.84 Å². The second kappa shape index (κ2) is 4.92. The van der Waals surface area contributed by atoms with Gasteiger partial charge in [-0.1, -0.05) is 0 Å². The lowest BCUT2D eigenvalue weighted by Crippen LogP contribution is -2.33. The zero-order chi connectivity index (χ0) is 8.85. The van der Waals surface area contributed by atoms with Crippen molar-refractivity contribution in [1.29, 1.82) is 0 Å². The molecule has 0 radical (unpaired) electrons. The van der Waals surface area contributed by atoms with Gasteiger partial charge in [-0.05, 0) is 11.8 Å². The van der Waals surface area contributed by atoms with E-state index >= 15 is 0 Å². The van der Waals surface area contributed by atoms with Crippen molar-refractivity contribution < 1.29 is 19.4 Å². The van der Waals surface area contributed by atoms with Crippen LogP contribution >= 0.6 is 11.8 Å². The summed E-state index contributed by atoms with van der Waals surface area (Å²) in [5.74, 6) is -1.81. The van der Waals surface area contributed by atoms with Gasteiger partial charge in [0, 0.05) is 0 Å². The highest BCUT2D eigenvalue weighted by molar-refractivity contribution is 6.15. The van der Waals surface area contributed by atoms with Gasteiger partial charge in [-0.3, -0.25) is 9.59 Å². The zero-order valence-corrected chi connectivity index (χ0v) is 6.59. The van der Waals surface area contributed by atoms with Crippen LogP contribution in [-0.2, 0) is 14.3 Å². The summed E-state index contributed by atoms with van der Waals surface area (Å²) in [5.41, 5.74) is 0. The molecule has 0 bridgehead atoms. The van der Waals surface area contributed by atoms with Gasteiger partial charge in [0.25, 0.3) is 0 Å². The first-order chi connectivity index (χ1) is 5.11. The van der Waals surface area contributed by atoms with E-state index in [2.05, 4.69) is 4.74 Å². The molecule has 0 aliphatic carbocycles. The summed E-state index contributed by atoms with van der Waals surface area (Å²) in [5, 5.41) is 8.36. The van der Waals surface area contributed by atoms with Gasteiger partial charge in [0.2, 0.25) is 0 Å². The van der Waals surface area contributed by atoms with E-state index in [1.807, 2.05) is 4.84 Å². The second-order valence-corrected chi connectivity index (χ2v) is 2.00. The van der Waals surface area contributed by atoms with E-state index in [-0.39, 0.29) is 6.42 Å².